The van der Waals surface area contributed by atoms with E-state index >= 15 is 0 Å². The molecule has 3 rings (SSSR count). The Labute approximate surface area is 143 Å². The van der Waals surface area contributed by atoms with Gasteiger partial charge in [0.05, 0.1) is 0 Å². The zero-order chi connectivity index (χ0) is 17.2. The summed E-state index contributed by atoms with van der Waals surface area (Å²) in [5.74, 6) is 0.884. The van der Waals surface area contributed by atoms with Gasteiger partial charge in [0.2, 0.25) is 0 Å². The lowest BCUT2D eigenvalue weighted by Crippen LogP contribution is -2.08. The van der Waals surface area contributed by atoms with Crippen LogP contribution in [0.1, 0.15) is 45.2 Å². The maximum absolute atomic E-state index is 2.22. The number of rotatable bonds is 2. The van der Waals surface area contributed by atoms with Crippen molar-refractivity contribution in [2.24, 2.45) is 5.92 Å². The predicted octanol–water partition coefficient (Wildman–Crippen LogP) is 5.88. The van der Waals surface area contributed by atoms with Crippen molar-refractivity contribution in [2.75, 3.05) is 20.6 Å². The van der Waals surface area contributed by atoms with Crippen LogP contribution in [-0.2, 0) is 6.42 Å². The lowest BCUT2D eigenvalue weighted by atomic mass is 10.1. The monoisotopic (exact) mass is 311 g/mol. The van der Waals surface area contributed by atoms with E-state index in [1.54, 1.807) is 0 Å². The molecule has 0 atom stereocenters. The molecule has 0 unspecified atom stereocenters. The zero-order valence-corrected chi connectivity index (χ0v) is 15.8. The highest BCUT2D eigenvalue weighted by Crippen LogP contribution is 2.35. The van der Waals surface area contributed by atoms with Crippen molar-refractivity contribution in [3.05, 3.63) is 59.7 Å². The summed E-state index contributed by atoms with van der Waals surface area (Å²) in [7, 11) is 4.11. The summed E-state index contributed by atoms with van der Waals surface area (Å²) in [4.78, 5) is 2.12. The predicted molar refractivity (Wildman–Crippen MR) is 104 cm³/mol. The van der Waals surface area contributed by atoms with Crippen molar-refractivity contribution in [3.8, 4) is 11.1 Å². The van der Waals surface area contributed by atoms with Gasteiger partial charge in [0.1, 0.15) is 0 Å². The molecule has 1 aliphatic carbocycles. The summed E-state index contributed by atoms with van der Waals surface area (Å²) in [5, 5.41) is 0. The fraction of sp³-hybridized carbons (Fsp3) is 0.455. The smallest absolute Gasteiger partial charge is 0.00135 e. The minimum absolute atomic E-state index is 0.884. The van der Waals surface area contributed by atoms with Crippen molar-refractivity contribution in [1.82, 2.24) is 4.90 Å². The maximum Gasteiger partial charge on any atom is -0.00135 e. The van der Waals surface area contributed by atoms with Gasteiger partial charge >= 0.3 is 0 Å². The van der Waals surface area contributed by atoms with Crippen LogP contribution in [0.4, 0.5) is 0 Å². The van der Waals surface area contributed by atoms with Crippen LogP contribution < -0.4 is 0 Å². The largest absolute Gasteiger partial charge is 0.310 e. The Hall–Kier alpha value is -1.60. The summed E-state index contributed by atoms with van der Waals surface area (Å²) in [6, 6.07) is 17.3. The standard InChI is InChI=1S/C13H10.C5H12.C4H11N/c1-3-7-12-10(5-1)9-11-6-2-4-8-13(11)12;2*1-4-5(2)3/h1-8H,9H2;5H,4H2,1-3H3;4H2,1-3H3. The average Bonchev–Trinajstić information content (AvgIpc) is 2.94. The van der Waals surface area contributed by atoms with Crippen LogP contribution in [0.2, 0.25) is 0 Å². The Kier molecular flexibility index (Phi) is 8.65. The van der Waals surface area contributed by atoms with Crippen LogP contribution in [-0.4, -0.2) is 25.5 Å². The first kappa shape index (κ1) is 19.4. The molecule has 23 heavy (non-hydrogen) atoms. The molecule has 2 aromatic carbocycles. The van der Waals surface area contributed by atoms with Crippen LogP contribution in [0.3, 0.4) is 0 Å². The van der Waals surface area contributed by atoms with Gasteiger partial charge in [0, 0.05) is 0 Å². The van der Waals surface area contributed by atoms with Crippen molar-refractivity contribution in [1.29, 1.82) is 0 Å². The quantitative estimate of drug-likeness (QED) is 0.571. The summed E-state index contributed by atoms with van der Waals surface area (Å²) in [5.41, 5.74) is 5.75. The highest BCUT2D eigenvalue weighted by molar-refractivity contribution is 5.76. The van der Waals surface area contributed by atoms with Gasteiger partial charge in [0.15, 0.2) is 0 Å². The van der Waals surface area contributed by atoms with Crippen molar-refractivity contribution < 1.29 is 0 Å². The molecule has 0 saturated carbocycles. The summed E-state index contributed by atoms with van der Waals surface area (Å²) < 4.78 is 0. The molecule has 0 radical (unpaired) electrons. The Morgan fingerprint density at radius 3 is 1.48 bits per heavy atom. The second kappa shape index (κ2) is 10.2. The molecular weight excluding hydrogens is 278 g/mol. The Morgan fingerprint density at radius 2 is 1.17 bits per heavy atom. The van der Waals surface area contributed by atoms with E-state index in [9.17, 15) is 0 Å². The Morgan fingerprint density at radius 1 is 0.826 bits per heavy atom. The molecule has 0 amide bonds. The van der Waals surface area contributed by atoms with Gasteiger partial charge in [-0.15, -0.1) is 0 Å². The van der Waals surface area contributed by atoms with E-state index in [1.165, 1.54) is 28.7 Å². The number of fused-ring (bicyclic) bond motifs is 3. The molecule has 0 spiro atoms. The minimum Gasteiger partial charge on any atom is -0.310 e. The van der Waals surface area contributed by atoms with Gasteiger partial charge in [-0.2, -0.15) is 0 Å². The van der Waals surface area contributed by atoms with E-state index in [4.69, 9.17) is 0 Å². The average molecular weight is 312 g/mol. The fourth-order valence-corrected chi connectivity index (χ4v) is 2.08. The first-order valence-corrected chi connectivity index (χ1v) is 8.80. The zero-order valence-electron chi connectivity index (χ0n) is 15.8. The van der Waals surface area contributed by atoms with E-state index in [2.05, 4.69) is 95.2 Å². The van der Waals surface area contributed by atoms with Crippen molar-refractivity contribution >= 4 is 0 Å². The highest BCUT2D eigenvalue weighted by atomic mass is 15.0. The first-order chi connectivity index (χ1) is 11.0. The summed E-state index contributed by atoms with van der Waals surface area (Å²) in [6.07, 6.45) is 2.41. The molecule has 0 N–H and O–H groups in total. The van der Waals surface area contributed by atoms with Gasteiger partial charge in [-0.05, 0) is 55.2 Å². The second-order valence-corrected chi connectivity index (χ2v) is 6.69. The molecule has 0 aliphatic heterocycles. The van der Waals surface area contributed by atoms with Crippen molar-refractivity contribution in [3.63, 3.8) is 0 Å². The normalized spacial score (nSPS) is 11.1. The Balaban J connectivity index is 0.000000224. The number of nitrogens with zero attached hydrogens (tertiary/aromatic N) is 1. The molecule has 126 valence electrons. The van der Waals surface area contributed by atoms with Gasteiger partial charge in [-0.1, -0.05) is 82.6 Å². The van der Waals surface area contributed by atoms with E-state index in [0.717, 1.165) is 18.9 Å². The van der Waals surface area contributed by atoms with Crippen LogP contribution in [0.15, 0.2) is 48.5 Å². The fourth-order valence-electron chi connectivity index (χ4n) is 2.08. The lowest BCUT2D eigenvalue weighted by molar-refractivity contribution is 0.434. The third-order valence-corrected chi connectivity index (χ3v) is 4.15. The summed E-state index contributed by atoms with van der Waals surface area (Å²) >= 11 is 0. The third kappa shape index (κ3) is 6.58. The number of benzene rings is 2. The van der Waals surface area contributed by atoms with E-state index in [1.807, 2.05) is 0 Å². The number of hydrogen-bond acceptors (Lipinski definition) is 1. The van der Waals surface area contributed by atoms with Crippen LogP contribution in [0.5, 0.6) is 0 Å². The molecule has 2 aromatic rings. The highest BCUT2D eigenvalue weighted by Gasteiger charge is 2.15. The van der Waals surface area contributed by atoms with Gasteiger partial charge in [-0.3, -0.25) is 0 Å². The first-order valence-electron chi connectivity index (χ1n) is 8.80. The molecule has 0 aromatic heterocycles. The SMILES string of the molecule is CCC(C)C.CCN(C)C.c1ccc2c(c1)Cc1ccccc1-2. The van der Waals surface area contributed by atoms with Crippen LogP contribution in [0.25, 0.3) is 11.1 Å². The molecule has 0 heterocycles. The minimum atomic E-state index is 0.884. The topological polar surface area (TPSA) is 3.24 Å². The van der Waals surface area contributed by atoms with Crippen LogP contribution in [0, 0.1) is 5.92 Å². The molecule has 0 saturated heterocycles. The lowest BCUT2D eigenvalue weighted by Gasteiger charge is -2.00. The van der Waals surface area contributed by atoms with Crippen molar-refractivity contribution in [2.45, 2.75) is 40.5 Å². The van der Waals surface area contributed by atoms with E-state index in [0.29, 0.717) is 0 Å². The second-order valence-electron chi connectivity index (χ2n) is 6.69. The van der Waals surface area contributed by atoms with Gasteiger partial charge < -0.3 is 4.90 Å². The molecule has 1 aliphatic rings. The molecular formula is C22H33N. The third-order valence-electron chi connectivity index (χ3n) is 4.15. The maximum atomic E-state index is 2.22. The van der Waals surface area contributed by atoms with E-state index in [-0.39, 0.29) is 0 Å². The molecule has 0 fully saturated rings. The van der Waals surface area contributed by atoms with Crippen LogP contribution >= 0.6 is 0 Å². The molecule has 1 heteroatoms. The molecule has 1 nitrogen and oxygen atoms in total. The Bertz CT molecular complexity index is 518. The van der Waals surface area contributed by atoms with Gasteiger partial charge in [-0.25, -0.2) is 0 Å². The number of hydrogen-bond donors (Lipinski definition) is 0. The van der Waals surface area contributed by atoms with E-state index < -0.39 is 0 Å². The summed E-state index contributed by atoms with van der Waals surface area (Å²) in [6.45, 7) is 9.91. The van der Waals surface area contributed by atoms with Gasteiger partial charge in [0.25, 0.3) is 0 Å². The molecule has 0 bridgehead atoms.